The Bertz CT molecular complexity index is 2420. The van der Waals surface area contributed by atoms with Gasteiger partial charge in [0.1, 0.15) is 0 Å². The monoisotopic (exact) mass is 730 g/mol. The van der Waals surface area contributed by atoms with Gasteiger partial charge in [0.15, 0.2) is 0 Å². The van der Waals surface area contributed by atoms with Crippen LogP contribution < -0.4 is 9.80 Å². The van der Waals surface area contributed by atoms with E-state index in [1.165, 1.54) is 51.8 Å². The molecule has 0 bridgehead atoms. The average molecular weight is 731 g/mol. The predicted octanol–water partition coefficient (Wildman–Crippen LogP) is 15.6. The molecule has 0 saturated heterocycles. The maximum absolute atomic E-state index is 2.46. The zero-order valence-electron chi connectivity index (χ0n) is 34.1. The molecule has 2 heteroatoms. The molecular formula is C54H54N2. The highest BCUT2D eigenvalue weighted by molar-refractivity contribution is 5.82. The highest BCUT2D eigenvalue weighted by Crippen LogP contribution is 2.47. The van der Waals surface area contributed by atoms with Gasteiger partial charge in [0.25, 0.3) is 0 Å². The zero-order valence-corrected chi connectivity index (χ0v) is 34.1. The second-order valence-electron chi connectivity index (χ2n) is 17.8. The quantitative estimate of drug-likeness (QED) is 0.154. The van der Waals surface area contributed by atoms with Gasteiger partial charge >= 0.3 is 0 Å². The molecule has 0 amide bonds. The van der Waals surface area contributed by atoms with Crippen LogP contribution in [0.1, 0.15) is 78.0 Å². The van der Waals surface area contributed by atoms with E-state index in [2.05, 4.69) is 234 Å². The molecule has 1 aliphatic carbocycles. The van der Waals surface area contributed by atoms with E-state index in [9.17, 15) is 0 Å². The number of rotatable bonds is 8. The molecule has 0 saturated carbocycles. The second-order valence-corrected chi connectivity index (χ2v) is 17.8. The molecule has 0 aromatic heterocycles. The summed E-state index contributed by atoms with van der Waals surface area (Å²) < 4.78 is 0. The van der Waals surface area contributed by atoms with Crippen molar-refractivity contribution in [2.45, 2.75) is 77.6 Å². The van der Waals surface area contributed by atoms with Gasteiger partial charge < -0.3 is 9.80 Å². The maximum atomic E-state index is 2.46. The summed E-state index contributed by atoms with van der Waals surface area (Å²) in [5.74, 6) is 0. The third kappa shape index (κ3) is 7.41. The van der Waals surface area contributed by atoms with Crippen LogP contribution in [0.3, 0.4) is 0 Å². The molecule has 0 unspecified atom stereocenters. The van der Waals surface area contributed by atoms with Crippen molar-refractivity contribution < 1.29 is 0 Å². The van der Waals surface area contributed by atoms with E-state index in [1.54, 1.807) is 0 Å². The summed E-state index contributed by atoms with van der Waals surface area (Å²) in [6, 6.07) is 64.5. The van der Waals surface area contributed by atoms with Gasteiger partial charge in [-0.25, -0.2) is 0 Å². The van der Waals surface area contributed by atoms with E-state index in [1.807, 2.05) is 0 Å². The minimum Gasteiger partial charge on any atom is -0.311 e. The third-order valence-electron chi connectivity index (χ3n) is 11.9. The van der Waals surface area contributed by atoms with Gasteiger partial charge in [-0.05, 0) is 141 Å². The Morgan fingerprint density at radius 1 is 0.357 bits per heavy atom. The number of benzene rings is 7. The standard InChI is InChI=1S/C54H54N2/c1-52(2,3)43-26-32-48(33-27-43)55(44-16-10-8-11-17-44)46-28-21-39(22-29-46)40-23-30-47(31-24-40)56(45-18-12-9-13-19-45)49-20-14-15-41(37-49)42-25-34-50-51(38-42)54(6,7)36-35-53(50,4)5/h8-34,37-38H,35-36H2,1-7H3. The molecule has 7 aromatic rings. The first-order chi connectivity index (χ1) is 26.9. The van der Waals surface area contributed by atoms with Crippen LogP contribution in [0.4, 0.5) is 34.1 Å². The molecule has 0 aliphatic heterocycles. The first-order valence-corrected chi connectivity index (χ1v) is 20.1. The minimum atomic E-state index is 0.104. The molecule has 56 heavy (non-hydrogen) atoms. The van der Waals surface area contributed by atoms with Crippen molar-refractivity contribution in [2.24, 2.45) is 0 Å². The van der Waals surface area contributed by atoms with Crippen LogP contribution in [-0.2, 0) is 16.2 Å². The average Bonchev–Trinajstić information content (AvgIpc) is 3.21. The predicted molar refractivity (Wildman–Crippen MR) is 241 cm³/mol. The molecule has 280 valence electrons. The Kier molecular flexibility index (Phi) is 9.71. The second kappa shape index (κ2) is 14.7. The molecule has 8 rings (SSSR count). The lowest BCUT2D eigenvalue weighted by molar-refractivity contribution is 0.332. The Balaban J connectivity index is 1.10. The summed E-state index contributed by atoms with van der Waals surface area (Å²) in [6.45, 7) is 16.4. The largest absolute Gasteiger partial charge is 0.311 e. The van der Waals surface area contributed by atoms with Gasteiger partial charge in [0.05, 0.1) is 0 Å². The Hall–Kier alpha value is -5.86. The molecule has 7 aromatic carbocycles. The summed E-state index contributed by atoms with van der Waals surface area (Å²) in [4.78, 5) is 4.70. The lowest BCUT2D eigenvalue weighted by Gasteiger charge is -2.42. The van der Waals surface area contributed by atoms with E-state index in [-0.39, 0.29) is 16.2 Å². The fraction of sp³-hybridized carbons (Fsp3) is 0.222. The molecule has 0 atom stereocenters. The van der Waals surface area contributed by atoms with Crippen molar-refractivity contribution in [3.8, 4) is 22.3 Å². The minimum absolute atomic E-state index is 0.104. The van der Waals surface area contributed by atoms with Gasteiger partial charge in [-0.15, -0.1) is 0 Å². The summed E-state index contributed by atoms with van der Waals surface area (Å²) in [6.07, 6.45) is 2.43. The van der Waals surface area contributed by atoms with Crippen molar-refractivity contribution in [1.29, 1.82) is 0 Å². The number of hydrogen-bond donors (Lipinski definition) is 0. The highest BCUT2D eigenvalue weighted by atomic mass is 15.1. The SMILES string of the molecule is CC(C)(C)c1ccc(N(c2ccccc2)c2ccc(-c3ccc(N(c4ccccc4)c4cccc(-c5ccc6c(c5)C(C)(C)CCC6(C)C)c4)cc3)cc2)cc1. The van der Waals surface area contributed by atoms with Gasteiger partial charge in [-0.1, -0.05) is 152 Å². The molecule has 2 nitrogen and oxygen atoms in total. The molecule has 0 heterocycles. The van der Waals surface area contributed by atoms with Crippen molar-refractivity contribution in [3.05, 3.63) is 193 Å². The number of fused-ring (bicyclic) bond motifs is 1. The topological polar surface area (TPSA) is 6.48 Å². The zero-order chi connectivity index (χ0) is 39.1. The first kappa shape index (κ1) is 37.1. The van der Waals surface area contributed by atoms with Crippen molar-refractivity contribution in [3.63, 3.8) is 0 Å². The molecule has 0 spiro atoms. The molecule has 1 aliphatic rings. The Labute approximate surface area is 335 Å². The molecule has 0 radical (unpaired) electrons. The maximum Gasteiger partial charge on any atom is 0.0467 e. The van der Waals surface area contributed by atoms with Crippen LogP contribution in [-0.4, -0.2) is 0 Å². The van der Waals surface area contributed by atoms with Crippen molar-refractivity contribution >= 4 is 34.1 Å². The molecule has 0 fully saturated rings. The van der Waals surface area contributed by atoms with Gasteiger partial charge in [0, 0.05) is 34.1 Å². The third-order valence-corrected chi connectivity index (χ3v) is 11.9. The van der Waals surface area contributed by atoms with E-state index < -0.39 is 0 Å². The summed E-state index contributed by atoms with van der Waals surface area (Å²) in [7, 11) is 0. The van der Waals surface area contributed by atoms with Crippen LogP contribution in [0.2, 0.25) is 0 Å². The first-order valence-electron chi connectivity index (χ1n) is 20.1. The summed E-state index contributed by atoms with van der Waals surface area (Å²) in [5.41, 5.74) is 16.4. The normalized spacial score (nSPS) is 14.5. The van der Waals surface area contributed by atoms with E-state index in [0.29, 0.717) is 0 Å². The number of hydrogen-bond acceptors (Lipinski definition) is 2. The van der Waals surface area contributed by atoms with E-state index in [0.717, 1.165) is 34.1 Å². The van der Waals surface area contributed by atoms with Crippen molar-refractivity contribution in [2.75, 3.05) is 9.80 Å². The highest BCUT2D eigenvalue weighted by Gasteiger charge is 2.37. The Morgan fingerprint density at radius 3 is 1.25 bits per heavy atom. The van der Waals surface area contributed by atoms with Crippen molar-refractivity contribution in [1.82, 2.24) is 0 Å². The lowest BCUT2D eigenvalue weighted by Crippen LogP contribution is -2.33. The van der Waals surface area contributed by atoms with Crippen LogP contribution in [0.25, 0.3) is 22.3 Å². The lowest BCUT2D eigenvalue weighted by atomic mass is 9.63. The van der Waals surface area contributed by atoms with Crippen LogP contribution in [0.5, 0.6) is 0 Å². The van der Waals surface area contributed by atoms with E-state index in [4.69, 9.17) is 0 Å². The fourth-order valence-electron chi connectivity index (χ4n) is 8.36. The molecule has 0 N–H and O–H groups in total. The summed E-state index contributed by atoms with van der Waals surface area (Å²) >= 11 is 0. The summed E-state index contributed by atoms with van der Waals surface area (Å²) in [5, 5.41) is 0. The molecular weight excluding hydrogens is 677 g/mol. The number of nitrogens with zero attached hydrogens (tertiary/aromatic N) is 2. The van der Waals surface area contributed by atoms with Gasteiger partial charge in [-0.3, -0.25) is 0 Å². The van der Waals surface area contributed by atoms with Crippen LogP contribution in [0, 0.1) is 0 Å². The fourth-order valence-corrected chi connectivity index (χ4v) is 8.36. The van der Waals surface area contributed by atoms with Crippen LogP contribution in [0.15, 0.2) is 176 Å². The Morgan fingerprint density at radius 2 is 0.750 bits per heavy atom. The number of anilines is 6. The van der Waals surface area contributed by atoms with Gasteiger partial charge in [-0.2, -0.15) is 0 Å². The number of para-hydroxylation sites is 2. The smallest absolute Gasteiger partial charge is 0.0467 e. The van der Waals surface area contributed by atoms with Crippen LogP contribution >= 0.6 is 0 Å². The van der Waals surface area contributed by atoms with E-state index >= 15 is 0 Å². The van der Waals surface area contributed by atoms with Gasteiger partial charge in [0.2, 0.25) is 0 Å².